The molecule has 1 saturated carbocycles. The van der Waals surface area contributed by atoms with Crippen molar-refractivity contribution in [1.82, 2.24) is 0 Å². The van der Waals surface area contributed by atoms with E-state index in [2.05, 4.69) is 5.32 Å². The largest absolute Gasteiger partial charge is 0.550 e. The second kappa shape index (κ2) is 8.20. The normalized spacial score (nSPS) is 22.3. The van der Waals surface area contributed by atoms with Gasteiger partial charge in [0.2, 0.25) is 5.91 Å². The molecule has 2 aliphatic rings. The number of nitrogens with one attached hydrogen (secondary N) is 1. The molecule has 0 bridgehead atoms. The van der Waals surface area contributed by atoms with Crippen LogP contribution in [0.1, 0.15) is 66.2 Å². The topological polar surface area (TPSA) is 95.5 Å². The molecule has 0 aromatic carbocycles. The summed E-state index contributed by atoms with van der Waals surface area (Å²) in [7, 11) is 0. The van der Waals surface area contributed by atoms with E-state index in [1.165, 1.54) is 11.3 Å². The minimum absolute atomic E-state index is 0.270. The maximum absolute atomic E-state index is 12.8. The number of carbonyl (C=O) groups excluding carboxylic acids is 3. The molecule has 26 heavy (non-hydrogen) atoms. The summed E-state index contributed by atoms with van der Waals surface area (Å²) in [5.74, 6) is -3.28. The number of aliphatic carboxylic acids is 1. The highest BCUT2D eigenvalue weighted by molar-refractivity contribution is 7.17. The van der Waals surface area contributed by atoms with E-state index in [1.54, 1.807) is 6.92 Å². The number of rotatable bonds is 5. The van der Waals surface area contributed by atoms with Crippen LogP contribution in [0, 0.1) is 11.8 Å². The van der Waals surface area contributed by atoms with Crippen LogP contribution < -0.4 is 10.4 Å². The van der Waals surface area contributed by atoms with Gasteiger partial charge in [-0.05, 0) is 51.0 Å². The van der Waals surface area contributed by atoms with Crippen molar-refractivity contribution >= 4 is 34.2 Å². The van der Waals surface area contributed by atoms with Gasteiger partial charge in [0.05, 0.1) is 12.2 Å². The SMILES string of the molecule is CCOC(=O)c1c(NC(=O)[C@@H]2CCCC[C@H]2C(=O)[O-])sc2c1CCCC2. The molecule has 0 unspecified atom stereocenters. The zero-order valence-electron chi connectivity index (χ0n) is 15.0. The van der Waals surface area contributed by atoms with Gasteiger partial charge in [-0.2, -0.15) is 0 Å². The van der Waals surface area contributed by atoms with E-state index in [4.69, 9.17) is 4.74 Å². The number of thiophene rings is 1. The summed E-state index contributed by atoms with van der Waals surface area (Å²) in [6.07, 6.45) is 6.40. The average Bonchev–Trinajstić information content (AvgIpc) is 2.99. The Bertz CT molecular complexity index is 711. The number of amides is 1. The Morgan fingerprint density at radius 2 is 1.81 bits per heavy atom. The van der Waals surface area contributed by atoms with E-state index < -0.39 is 23.8 Å². The number of hydrogen-bond acceptors (Lipinski definition) is 6. The lowest BCUT2D eigenvalue weighted by atomic mass is 9.78. The molecule has 2 atom stereocenters. The predicted molar refractivity (Wildman–Crippen MR) is 96.0 cm³/mol. The fourth-order valence-electron chi connectivity index (χ4n) is 4.00. The number of carboxylic acid groups (broad SMARTS) is 1. The highest BCUT2D eigenvalue weighted by Gasteiger charge is 2.34. The molecule has 3 rings (SSSR count). The Labute approximate surface area is 156 Å². The van der Waals surface area contributed by atoms with Crippen molar-refractivity contribution in [2.45, 2.75) is 58.3 Å². The number of fused-ring (bicyclic) bond motifs is 1. The fourth-order valence-corrected chi connectivity index (χ4v) is 5.28. The third-order valence-electron chi connectivity index (χ3n) is 5.29. The van der Waals surface area contributed by atoms with Gasteiger partial charge >= 0.3 is 5.97 Å². The molecule has 142 valence electrons. The van der Waals surface area contributed by atoms with Crippen molar-refractivity contribution in [1.29, 1.82) is 0 Å². The molecule has 1 N–H and O–H groups in total. The molecular formula is C19H24NO5S-. The summed E-state index contributed by atoms with van der Waals surface area (Å²) >= 11 is 1.42. The lowest BCUT2D eigenvalue weighted by Gasteiger charge is -2.31. The summed E-state index contributed by atoms with van der Waals surface area (Å²) in [5, 5.41) is 14.7. The van der Waals surface area contributed by atoms with Crippen LogP contribution in [0.5, 0.6) is 0 Å². The number of hydrogen-bond donors (Lipinski definition) is 1. The number of anilines is 1. The number of aryl methyl sites for hydroxylation is 1. The highest BCUT2D eigenvalue weighted by atomic mass is 32.1. The maximum atomic E-state index is 12.8. The molecule has 1 heterocycles. The van der Waals surface area contributed by atoms with Gasteiger partial charge in [0.15, 0.2) is 0 Å². The molecule has 1 aromatic rings. The minimum atomic E-state index is -1.17. The molecule has 6 nitrogen and oxygen atoms in total. The van der Waals surface area contributed by atoms with Crippen molar-refractivity contribution in [3.8, 4) is 0 Å². The van der Waals surface area contributed by atoms with E-state index in [0.29, 0.717) is 23.4 Å². The third kappa shape index (κ3) is 3.77. The lowest BCUT2D eigenvalue weighted by Crippen LogP contribution is -2.42. The summed E-state index contributed by atoms with van der Waals surface area (Å²) in [6, 6.07) is 0. The molecule has 2 aliphatic carbocycles. The van der Waals surface area contributed by atoms with Crippen LogP contribution in [0.2, 0.25) is 0 Å². The molecule has 0 spiro atoms. The van der Waals surface area contributed by atoms with Gasteiger partial charge < -0.3 is 20.0 Å². The molecule has 1 amide bonds. The van der Waals surface area contributed by atoms with Crippen molar-refractivity contribution in [3.05, 3.63) is 16.0 Å². The van der Waals surface area contributed by atoms with Crippen LogP contribution in [0.25, 0.3) is 0 Å². The van der Waals surface area contributed by atoms with Gasteiger partial charge in [-0.1, -0.05) is 12.8 Å². The molecule has 0 aliphatic heterocycles. The van der Waals surface area contributed by atoms with Gasteiger partial charge in [0, 0.05) is 22.7 Å². The van der Waals surface area contributed by atoms with Crippen molar-refractivity contribution in [3.63, 3.8) is 0 Å². The first-order valence-corrected chi connectivity index (χ1v) is 10.2. The molecule has 1 aromatic heterocycles. The van der Waals surface area contributed by atoms with Crippen LogP contribution in [-0.4, -0.2) is 24.5 Å². The van der Waals surface area contributed by atoms with Crippen LogP contribution in [0.4, 0.5) is 5.00 Å². The van der Waals surface area contributed by atoms with Gasteiger partial charge in [-0.15, -0.1) is 11.3 Å². The Hall–Kier alpha value is -1.89. The summed E-state index contributed by atoms with van der Waals surface area (Å²) < 4.78 is 5.19. The first kappa shape index (κ1) is 18.9. The Morgan fingerprint density at radius 3 is 2.50 bits per heavy atom. The first-order valence-electron chi connectivity index (χ1n) is 9.36. The fraction of sp³-hybridized carbons (Fsp3) is 0.632. The standard InChI is InChI=1S/C19H25NO5S/c1-2-25-19(24)15-13-9-5-6-10-14(13)26-17(15)20-16(21)11-7-3-4-8-12(11)18(22)23/h11-12H,2-10H2,1H3,(H,20,21)(H,22,23)/p-1/t11-,12-/m1/s1. The summed E-state index contributed by atoms with van der Waals surface area (Å²) in [4.78, 5) is 37.7. The van der Waals surface area contributed by atoms with Crippen LogP contribution in [0.15, 0.2) is 0 Å². The van der Waals surface area contributed by atoms with E-state index in [0.717, 1.165) is 49.0 Å². The van der Waals surface area contributed by atoms with Crippen molar-refractivity contribution in [2.75, 3.05) is 11.9 Å². The van der Waals surface area contributed by atoms with Crippen LogP contribution >= 0.6 is 11.3 Å². The molecule has 0 radical (unpaired) electrons. The van der Waals surface area contributed by atoms with Gasteiger partial charge in [-0.3, -0.25) is 4.79 Å². The second-order valence-electron chi connectivity index (χ2n) is 6.94. The zero-order valence-corrected chi connectivity index (χ0v) is 15.8. The summed E-state index contributed by atoms with van der Waals surface area (Å²) in [6.45, 7) is 2.02. The maximum Gasteiger partial charge on any atom is 0.341 e. The quantitative estimate of drug-likeness (QED) is 0.793. The third-order valence-corrected chi connectivity index (χ3v) is 6.50. The van der Waals surface area contributed by atoms with E-state index in [1.807, 2.05) is 0 Å². The monoisotopic (exact) mass is 378 g/mol. The Kier molecular flexibility index (Phi) is 5.96. The number of esters is 1. The van der Waals surface area contributed by atoms with Gasteiger partial charge in [0.25, 0.3) is 0 Å². The van der Waals surface area contributed by atoms with Crippen molar-refractivity contribution < 1.29 is 24.2 Å². The average molecular weight is 378 g/mol. The van der Waals surface area contributed by atoms with E-state index in [9.17, 15) is 19.5 Å². The highest BCUT2D eigenvalue weighted by Crippen LogP contribution is 2.39. The molecule has 0 saturated heterocycles. The number of ether oxygens (including phenoxy) is 1. The van der Waals surface area contributed by atoms with Gasteiger partial charge in [-0.25, -0.2) is 4.79 Å². The molecule has 1 fully saturated rings. The van der Waals surface area contributed by atoms with Crippen LogP contribution in [-0.2, 0) is 27.2 Å². The zero-order chi connectivity index (χ0) is 18.7. The van der Waals surface area contributed by atoms with Gasteiger partial charge in [0.1, 0.15) is 5.00 Å². The Balaban J connectivity index is 1.86. The van der Waals surface area contributed by atoms with Crippen molar-refractivity contribution in [2.24, 2.45) is 11.8 Å². The minimum Gasteiger partial charge on any atom is -0.550 e. The number of carbonyl (C=O) groups is 3. The second-order valence-corrected chi connectivity index (χ2v) is 8.05. The van der Waals surface area contributed by atoms with E-state index in [-0.39, 0.29) is 12.5 Å². The Morgan fingerprint density at radius 1 is 1.12 bits per heavy atom. The molecular weight excluding hydrogens is 354 g/mol. The van der Waals surface area contributed by atoms with E-state index >= 15 is 0 Å². The summed E-state index contributed by atoms with van der Waals surface area (Å²) in [5.41, 5.74) is 1.44. The first-order chi connectivity index (χ1) is 12.5. The lowest BCUT2D eigenvalue weighted by molar-refractivity contribution is -0.313. The van der Waals surface area contributed by atoms with Crippen LogP contribution in [0.3, 0.4) is 0 Å². The number of carboxylic acids is 1. The smallest absolute Gasteiger partial charge is 0.341 e. The predicted octanol–water partition coefficient (Wildman–Crippen LogP) is 2.30. The molecule has 7 heteroatoms.